The van der Waals surface area contributed by atoms with Gasteiger partial charge in [0, 0.05) is 55.4 Å². The molecule has 182 valence electrons. The number of aromatic amines is 2. The fourth-order valence-corrected chi connectivity index (χ4v) is 4.29. The minimum atomic E-state index is -0.0427. The molecule has 0 saturated heterocycles. The molecule has 0 unspecified atom stereocenters. The van der Waals surface area contributed by atoms with Gasteiger partial charge >= 0.3 is 0 Å². The molecule has 8 nitrogen and oxygen atoms in total. The highest BCUT2D eigenvalue weighted by atomic mass is 79.9. The predicted molar refractivity (Wildman–Crippen MR) is 143 cm³/mol. The molecule has 2 heterocycles. The van der Waals surface area contributed by atoms with Gasteiger partial charge in [-0.2, -0.15) is 10.5 Å². The van der Waals surface area contributed by atoms with Crippen LogP contribution in [0.3, 0.4) is 0 Å². The lowest BCUT2D eigenvalue weighted by molar-refractivity contribution is 0.111. The SMILES string of the molecule is N#Cc1cc2[nH]cc(C=O)c2cc1-c1ccc(OCCO)cc1.N#Cc1cc2[nH]cc(C=O)c2cc1Br. The Morgan fingerprint density at radius 3 is 1.97 bits per heavy atom. The van der Waals surface area contributed by atoms with E-state index in [0.717, 1.165) is 45.5 Å². The number of nitriles is 2. The highest BCUT2D eigenvalue weighted by Gasteiger charge is 2.11. The summed E-state index contributed by atoms with van der Waals surface area (Å²) in [7, 11) is 0. The third-order valence-electron chi connectivity index (χ3n) is 5.67. The van der Waals surface area contributed by atoms with E-state index < -0.39 is 0 Å². The number of rotatable bonds is 6. The standard InChI is InChI=1S/C18H14N2O3.C10H5BrN2O/c19-9-13-7-18-17(14(11-22)10-20-18)8-16(13)12-1-3-15(4-2-12)23-6-5-21;11-9-2-8-7(5-14)4-13-10(8)1-6(9)3-12/h1-4,7-8,10-11,20-21H,5-6H2;1-2,4-5,13H. The van der Waals surface area contributed by atoms with Crippen LogP contribution in [-0.2, 0) is 0 Å². The van der Waals surface area contributed by atoms with Crippen LogP contribution in [0.15, 0.2) is 65.4 Å². The number of carbonyl (C=O) groups is 2. The number of nitrogens with zero attached hydrogens (tertiary/aromatic N) is 2. The second-order valence-electron chi connectivity index (χ2n) is 7.86. The smallest absolute Gasteiger partial charge is 0.152 e. The molecule has 3 aromatic carbocycles. The number of benzene rings is 3. The maximum Gasteiger partial charge on any atom is 0.152 e. The quantitative estimate of drug-likeness (QED) is 0.236. The molecule has 0 aliphatic carbocycles. The molecule has 9 heteroatoms. The molecule has 0 amide bonds. The zero-order valence-electron chi connectivity index (χ0n) is 19.3. The van der Waals surface area contributed by atoms with Crippen molar-refractivity contribution in [1.29, 1.82) is 10.5 Å². The minimum absolute atomic E-state index is 0.0427. The van der Waals surface area contributed by atoms with Crippen LogP contribution < -0.4 is 4.74 Å². The van der Waals surface area contributed by atoms with Crippen LogP contribution in [0, 0.1) is 22.7 Å². The lowest BCUT2D eigenvalue weighted by Gasteiger charge is -2.08. The van der Waals surface area contributed by atoms with Gasteiger partial charge in [-0.15, -0.1) is 0 Å². The van der Waals surface area contributed by atoms with Crippen molar-refractivity contribution in [2.24, 2.45) is 0 Å². The fourth-order valence-electron chi connectivity index (χ4n) is 3.86. The zero-order chi connectivity index (χ0) is 26.4. The molecule has 0 radical (unpaired) electrons. The van der Waals surface area contributed by atoms with Gasteiger partial charge in [-0.25, -0.2) is 0 Å². The Labute approximate surface area is 219 Å². The molecule has 0 aliphatic rings. The van der Waals surface area contributed by atoms with E-state index in [9.17, 15) is 14.9 Å². The maximum atomic E-state index is 11.1. The summed E-state index contributed by atoms with van der Waals surface area (Å²) < 4.78 is 6.03. The molecule has 0 bridgehead atoms. The van der Waals surface area contributed by atoms with Crippen molar-refractivity contribution in [3.63, 3.8) is 0 Å². The van der Waals surface area contributed by atoms with Gasteiger partial charge < -0.3 is 19.8 Å². The van der Waals surface area contributed by atoms with Crippen molar-refractivity contribution in [3.05, 3.63) is 87.7 Å². The average molecular weight is 555 g/mol. The topological polar surface area (TPSA) is 143 Å². The van der Waals surface area contributed by atoms with E-state index in [0.29, 0.717) is 32.5 Å². The molecule has 3 N–H and O–H groups in total. The number of hydrogen-bond acceptors (Lipinski definition) is 6. The number of nitrogens with one attached hydrogen (secondary N) is 2. The van der Waals surface area contributed by atoms with E-state index in [1.807, 2.05) is 18.2 Å². The Hall–Kier alpha value is -4.70. The summed E-state index contributed by atoms with van der Waals surface area (Å²) in [5.74, 6) is 0.651. The van der Waals surface area contributed by atoms with Gasteiger partial charge in [0.2, 0.25) is 0 Å². The Balaban J connectivity index is 0.000000195. The molecule has 0 spiro atoms. The molecule has 5 rings (SSSR count). The van der Waals surface area contributed by atoms with Gasteiger partial charge in [0.1, 0.15) is 18.4 Å². The van der Waals surface area contributed by atoms with E-state index in [-0.39, 0.29) is 13.2 Å². The van der Waals surface area contributed by atoms with Gasteiger partial charge in [0.05, 0.1) is 23.8 Å². The molecular formula is C28H19BrN4O4. The maximum absolute atomic E-state index is 11.1. The van der Waals surface area contributed by atoms with Crippen molar-refractivity contribution >= 4 is 50.3 Å². The largest absolute Gasteiger partial charge is 0.491 e. The molecule has 0 fully saturated rings. The van der Waals surface area contributed by atoms with Crippen LogP contribution in [-0.4, -0.2) is 40.9 Å². The van der Waals surface area contributed by atoms with Crippen LogP contribution in [0.25, 0.3) is 32.9 Å². The number of ether oxygens (including phenoxy) is 1. The lowest BCUT2D eigenvalue weighted by Crippen LogP contribution is -2.01. The van der Waals surface area contributed by atoms with Gasteiger partial charge in [-0.1, -0.05) is 12.1 Å². The number of hydrogen-bond donors (Lipinski definition) is 3. The van der Waals surface area contributed by atoms with E-state index in [4.69, 9.17) is 15.1 Å². The molecule has 0 atom stereocenters. The van der Waals surface area contributed by atoms with Gasteiger partial charge in [-0.05, 0) is 57.9 Å². The number of halogens is 1. The molecule has 0 aliphatic heterocycles. The van der Waals surface area contributed by atoms with Gasteiger partial charge in [-0.3, -0.25) is 9.59 Å². The first-order valence-electron chi connectivity index (χ1n) is 11.0. The normalized spacial score (nSPS) is 10.3. The molecule has 5 aromatic rings. The average Bonchev–Trinajstić information content (AvgIpc) is 3.53. The number of aldehydes is 2. The lowest BCUT2D eigenvalue weighted by atomic mass is 9.97. The minimum Gasteiger partial charge on any atom is -0.491 e. The van der Waals surface area contributed by atoms with E-state index in [1.54, 1.807) is 42.7 Å². The number of aromatic nitrogens is 2. The monoisotopic (exact) mass is 554 g/mol. The van der Waals surface area contributed by atoms with Crippen LogP contribution in [0.4, 0.5) is 0 Å². The number of H-pyrrole nitrogens is 2. The molecule has 2 aromatic heterocycles. The first kappa shape index (κ1) is 25.4. The molecule has 37 heavy (non-hydrogen) atoms. The fraction of sp³-hybridized carbons (Fsp3) is 0.0714. The Kier molecular flexibility index (Phi) is 7.80. The van der Waals surface area contributed by atoms with Crippen molar-refractivity contribution < 1.29 is 19.4 Å². The summed E-state index contributed by atoms with van der Waals surface area (Å²) in [6.07, 6.45) is 4.84. The van der Waals surface area contributed by atoms with Crippen molar-refractivity contribution in [1.82, 2.24) is 9.97 Å². The predicted octanol–water partition coefficient (Wildman–Crippen LogP) is 5.50. The zero-order valence-corrected chi connectivity index (χ0v) is 20.9. The number of aliphatic hydroxyl groups excluding tert-OH is 1. The van der Waals surface area contributed by atoms with Gasteiger partial charge in [0.15, 0.2) is 12.6 Å². The van der Waals surface area contributed by atoms with Crippen LogP contribution in [0.5, 0.6) is 5.75 Å². The van der Waals surface area contributed by atoms with Crippen molar-refractivity contribution in [2.45, 2.75) is 0 Å². The number of carbonyl (C=O) groups excluding carboxylic acids is 2. The highest BCUT2D eigenvalue weighted by molar-refractivity contribution is 9.10. The summed E-state index contributed by atoms with van der Waals surface area (Å²) in [6.45, 7) is 0.194. The summed E-state index contributed by atoms with van der Waals surface area (Å²) in [6, 6.07) is 18.6. The van der Waals surface area contributed by atoms with E-state index >= 15 is 0 Å². The third kappa shape index (κ3) is 5.29. The second kappa shape index (κ2) is 11.4. The summed E-state index contributed by atoms with van der Waals surface area (Å²) >= 11 is 3.27. The second-order valence-corrected chi connectivity index (χ2v) is 8.72. The van der Waals surface area contributed by atoms with Crippen molar-refractivity contribution in [3.8, 4) is 29.0 Å². The van der Waals surface area contributed by atoms with Crippen LogP contribution in [0.1, 0.15) is 31.8 Å². The Morgan fingerprint density at radius 1 is 0.865 bits per heavy atom. The summed E-state index contributed by atoms with van der Waals surface area (Å²) in [5.41, 5.74) is 5.42. The van der Waals surface area contributed by atoms with E-state index in [2.05, 4.69) is 38.0 Å². The summed E-state index contributed by atoms with van der Waals surface area (Å²) in [4.78, 5) is 27.7. The first-order chi connectivity index (χ1) is 18.0. The molecular weight excluding hydrogens is 536 g/mol. The first-order valence-corrected chi connectivity index (χ1v) is 11.8. The molecule has 0 saturated carbocycles. The van der Waals surface area contributed by atoms with Crippen LogP contribution >= 0.6 is 15.9 Å². The Bertz CT molecular complexity index is 1690. The van der Waals surface area contributed by atoms with Crippen molar-refractivity contribution in [2.75, 3.05) is 13.2 Å². The van der Waals surface area contributed by atoms with Gasteiger partial charge in [0.25, 0.3) is 0 Å². The Morgan fingerprint density at radius 2 is 1.43 bits per heavy atom. The van der Waals surface area contributed by atoms with Crippen LogP contribution in [0.2, 0.25) is 0 Å². The summed E-state index contributed by atoms with van der Waals surface area (Å²) in [5, 5.41) is 28.5. The van der Waals surface area contributed by atoms with E-state index in [1.165, 1.54) is 0 Å². The number of fused-ring (bicyclic) bond motifs is 2. The number of aliphatic hydroxyl groups is 1. The highest BCUT2D eigenvalue weighted by Crippen LogP contribution is 2.31. The third-order valence-corrected chi connectivity index (χ3v) is 6.33.